The third kappa shape index (κ3) is 3.20. The summed E-state index contributed by atoms with van der Waals surface area (Å²) >= 11 is 0.316. The van der Waals surface area contributed by atoms with Crippen molar-refractivity contribution in [1.29, 1.82) is 0 Å². The van der Waals surface area contributed by atoms with Crippen molar-refractivity contribution >= 4 is 43.8 Å². The van der Waals surface area contributed by atoms with Crippen LogP contribution in [0.1, 0.15) is 6.92 Å². The fourth-order valence-electron chi connectivity index (χ4n) is 1.82. The van der Waals surface area contributed by atoms with Gasteiger partial charge in [-0.1, -0.05) is 0 Å². The number of hydrogen-bond donors (Lipinski definition) is 1. The maximum absolute atomic E-state index is 13.5. The van der Waals surface area contributed by atoms with Crippen LogP contribution >= 0.6 is 0 Å². The number of benzene rings is 1. The van der Waals surface area contributed by atoms with Crippen molar-refractivity contribution in [2.45, 2.75) is 13.0 Å². The average molecular weight is 389 g/mol. The molecule has 0 aliphatic carbocycles. The summed E-state index contributed by atoms with van der Waals surface area (Å²) in [6.45, 7) is 1.65. The van der Waals surface area contributed by atoms with Gasteiger partial charge in [-0.3, -0.25) is 0 Å². The molecular formula is C12H12F2N2O3Sn. The van der Waals surface area contributed by atoms with E-state index in [9.17, 15) is 18.4 Å². The Labute approximate surface area is 127 Å². The molecule has 8 heteroatoms. The van der Waals surface area contributed by atoms with Crippen molar-refractivity contribution < 1.29 is 23.1 Å². The Kier molecular flexibility index (Phi) is 4.46. The van der Waals surface area contributed by atoms with E-state index in [2.05, 4.69) is 5.32 Å². The Morgan fingerprint density at radius 1 is 1.50 bits per heavy atom. The van der Waals surface area contributed by atoms with E-state index in [1.54, 1.807) is 0 Å². The second-order valence-electron chi connectivity index (χ2n) is 4.38. The fourth-order valence-corrected chi connectivity index (χ4v) is 2.30. The van der Waals surface area contributed by atoms with Gasteiger partial charge in [-0.05, 0) is 0 Å². The van der Waals surface area contributed by atoms with Crippen molar-refractivity contribution in [1.82, 2.24) is 5.32 Å². The van der Waals surface area contributed by atoms with Gasteiger partial charge < -0.3 is 0 Å². The summed E-state index contributed by atoms with van der Waals surface area (Å²) in [7, 11) is 0. The number of carbonyl (C=O) groups is 2. The van der Waals surface area contributed by atoms with Crippen LogP contribution < -0.4 is 13.8 Å². The number of amides is 2. The molecule has 1 saturated heterocycles. The predicted octanol–water partition coefficient (Wildman–Crippen LogP) is -0.0478. The van der Waals surface area contributed by atoms with E-state index in [1.165, 1.54) is 6.92 Å². The molecule has 1 N–H and O–H groups in total. The molecule has 5 nitrogen and oxygen atoms in total. The van der Waals surface area contributed by atoms with E-state index in [1.807, 2.05) is 0 Å². The zero-order chi connectivity index (χ0) is 14.9. The molecule has 1 aliphatic heterocycles. The maximum atomic E-state index is 13.5. The minimum absolute atomic E-state index is 0.0292. The van der Waals surface area contributed by atoms with Crippen LogP contribution in [0, 0.1) is 11.6 Å². The molecule has 1 atom stereocenters. The SMILES string of the molecule is CC(=O)NCC1CN(c2cc(F)[c]([SnH])c(F)c2)C(=O)O1. The molecule has 1 aromatic rings. The first-order chi connectivity index (χ1) is 9.38. The van der Waals surface area contributed by atoms with Gasteiger partial charge in [0.1, 0.15) is 0 Å². The molecule has 20 heavy (non-hydrogen) atoms. The standard InChI is InChI=1S/C12H11F2N2O3.Sn.H/c1-7(17)15-5-11-6-16(12(18)19-11)10-3-8(13)2-9(14)4-10;;/h3-4,11H,5-6H2,1H3,(H,15,17);;. The summed E-state index contributed by atoms with van der Waals surface area (Å²) in [5, 5.41) is 2.53. The quantitative estimate of drug-likeness (QED) is 0.739. The third-order valence-electron chi connectivity index (χ3n) is 2.83. The van der Waals surface area contributed by atoms with Crippen LogP contribution in [0.3, 0.4) is 0 Å². The van der Waals surface area contributed by atoms with Crippen molar-refractivity contribution in [2.75, 3.05) is 18.0 Å². The van der Waals surface area contributed by atoms with Crippen LogP contribution in [0.15, 0.2) is 12.1 Å². The van der Waals surface area contributed by atoms with E-state index >= 15 is 0 Å². The Morgan fingerprint density at radius 2 is 2.10 bits per heavy atom. The Balaban J connectivity index is 2.14. The molecule has 1 heterocycles. The zero-order valence-electron chi connectivity index (χ0n) is 10.7. The number of anilines is 1. The Morgan fingerprint density at radius 3 is 2.65 bits per heavy atom. The number of cyclic esters (lactones) is 1. The molecule has 1 aliphatic rings. The van der Waals surface area contributed by atoms with Gasteiger partial charge >= 0.3 is 127 Å². The summed E-state index contributed by atoms with van der Waals surface area (Å²) in [4.78, 5) is 23.6. The average Bonchev–Trinajstić information content (AvgIpc) is 2.74. The van der Waals surface area contributed by atoms with E-state index in [0.29, 0.717) is 22.5 Å². The van der Waals surface area contributed by atoms with Gasteiger partial charge in [0.2, 0.25) is 0 Å². The molecule has 2 rings (SSSR count). The van der Waals surface area contributed by atoms with E-state index in [4.69, 9.17) is 4.74 Å². The Bertz CT molecular complexity index is 545. The second-order valence-corrected chi connectivity index (χ2v) is 6.02. The molecule has 1 unspecified atom stereocenters. The molecule has 0 saturated carbocycles. The number of ether oxygens (including phenoxy) is 1. The van der Waals surface area contributed by atoms with Crippen LogP contribution in [0.2, 0.25) is 0 Å². The zero-order valence-corrected chi connectivity index (χ0v) is 13.9. The topological polar surface area (TPSA) is 58.6 Å². The normalized spacial score (nSPS) is 18.1. The van der Waals surface area contributed by atoms with Crippen molar-refractivity contribution in [2.24, 2.45) is 0 Å². The van der Waals surface area contributed by atoms with Gasteiger partial charge in [-0.25, -0.2) is 0 Å². The molecule has 106 valence electrons. The summed E-state index contributed by atoms with van der Waals surface area (Å²) in [6, 6.07) is 2.23. The van der Waals surface area contributed by atoms with Gasteiger partial charge in [0, 0.05) is 0 Å². The van der Waals surface area contributed by atoms with Gasteiger partial charge in [-0.15, -0.1) is 0 Å². The number of nitrogens with zero attached hydrogens (tertiary/aromatic N) is 1. The number of rotatable bonds is 3. The van der Waals surface area contributed by atoms with Crippen molar-refractivity contribution in [3.8, 4) is 0 Å². The molecular weight excluding hydrogens is 377 g/mol. The van der Waals surface area contributed by atoms with E-state index in [0.717, 1.165) is 17.0 Å². The predicted molar refractivity (Wildman–Crippen MR) is 69.4 cm³/mol. The van der Waals surface area contributed by atoms with Gasteiger partial charge in [0.05, 0.1) is 0 Å². The van der Waals surface area contributed by atoms with E-state index < -0.39 is 23.8 Å². The molecule has 1 aromatic carbocycles. The minimum atomic E-state index is -0.681. The van der Waals surface area contributed by atoms with Crippen LogP contribution in [0.5, 0.6) is 0 Å². The molecule has 1 fully saturated rings. The molecule has 2 amide bonds. The van der Waals surface area contributed by atoms with E-state index in [-0.39, 0.29) is 28.3 Å². The first-order valence-electron chi connectivity index (χ1n) is 5.85. The number of nitrogens with one attached hydrogen (secondary N) is 1. The van der Waals surface area contributed by atoms with Crippen LogP contribution in [-0.2, 0) is 9.53 Å². The number of halogens is 2. The first kappa shape index (κ1) is 15.0. The summed E-state index contributed by atoms with van der Waals surface area (Å²) in [6.07, 6.45) is -1.22. The fraction of sp³-hybridized carbons (Fsp3) is 0.333. The van der Waals surface area contributed by atoms with Crippen LogP contribution in [-0.4, -0.2) is 53.7 Å². The van der Waals surface area contributed by atoms with Gasteiger partial charge in [0.15, 0.2) is 0 Å². The van der Waals surface area contributed by atoms with Gasteiger partial charge in [-0.2, -0.15) is 0 Å². The molecule has 0 spiro atoms. The first-order valence-corrected chi connectivity index (χ1v) is 7.50. The monoisotopic (exact) mass is 390 g/mol. The second kappa shape index (κ2) is 5.94. The van der Waals surface area contributed by atoms with Crippen molar-refractivity contribution in [3.05, 3.63) is 23.8 Å². The summed E-state index contributed by atoms with van der Waals surface area (Å²) in [5.41, 5.74) is 0.119. The Hall–Kier alpha value is -1.38. The number of hydrogen-bond acceptors (Lipinski definition) is 3. The summed E-state index contributed by atoms with van der Waals surface area (Å²) in [5.74, 6) is -1.57. The molecule has 0 aromatic heterocycles. The summed E-state index contributed by atoms with van der Waals surface area (Å²) < 4.78 is 32.1. The van der Waals surface area contributed by atoms with Crippen LogP contribution in [0.25, 0.3) is 0 Å². The number of carbonyl (C=O) groups excluding carboxylic acids is 2. The van der Waals surface area contributed by atoms with Gasteiger partial charge in [0.25, 0.3) is 0 Å². The third-order valence-corrected chi connectivity index (χ3v) is 4.40. The van der Waals surface area contributed by atoms with Crippen molar-refractivity contribution in [3.63, 3.8) is 0 Å². The molecule has 2 radical (unpaired) electrons. The molecule has 0 bridgehead atoms. The van der Waals surface area contributed by atoms with Crippen LogP contribution in [0.4, 0.5) is 19.3 Å².